The highest BCUT2D eigenvalue weighted by atomic mass is 19.4. The molecular weight excluding hydrogens is 415 g/mol. The number of fused-ring (bicyclic) bond motifs is 5. The molecule has 4 atom stereocenters. The first-order chi connectivity index (χ1) is 14.4. The van der Waals surface area contributed by atoms with Crippen LogP contribution in [0.15, 0.2) is 18.2 Å². The van der Waals surface area contributed by atoms with Gasteiger partial charge in [0.1, 0.15) is 0 Å². The summed E-state index contributed by atoms with van der Waals surface area (Å²) in [6.45, 7) is 4.84. The van der Waals surface area contributed by atoms with E-state index in [2.05, 4.69) is 0 Å². The van der Waals surface area contributed by atoms with Crippen LogP contribution in [0.4, 0.5) is 18.9 Å². The van der Waals surface area contributed by atoms with Crippen molar-refractivity contribution in [3.05, 3.63) is 29.3 Å². The Kier molecular flexibility index (Phi) is 4.92. The van der Waals surface area contributed by atoms with Gasteiger partial charge in [0, 0.05) is 26.2 Å². The van der Waals surface area contributed by atoms with Crippen LogP contribution in [-0.4, -0.2) is 59.3 Å². The Morgan fingerprint density at radius 1 is 1.19 bits per heavy atom. The first-order valence-electron chi connectivity index (χ1n) is 9.98. The molecule has 3 aliphatic heterocycles. The molecule has 1 aromatic carbocycles. The van der Waals surface area contributed by atoms with Crippen molar-refractivity contribution in [2.45, 2.75) is 37.6 Å². The fourth-order valence-electron chi connectivity index (χ4n) is 5.47. The van der Waals surface area contributed by atoms with Crippen LogP contribution in [0.25, 0.3) is 0 Å². The smallest absolute Gasteiger partial charge is 0.396 e. The van der Waals surface area contributed by atoms with Gasteiger partial charge in [-0.15, -0.1) is 0 Å². The molecule has 1 N–H and O–H groups in total. The molecule has 31 heavy (non-hydrogen) atoms. The molecule has 1 aromatic rings. The maximum Gasteiger partial charge on any atom is 0.417 e. The number of likely N-dealkylation sites (tertiary alicyclic amines) is 1. The molecule has 2 bridgehead atoms. The van der Waals surface area contributed by atoms with Crippen molar-refractivity contribution in [2.24, 2.45) is 11.8 Å². The lowest BCUT2D eigenvalue weighted by Crippen LogP contribution is -2.58. The summed E-state index contributed by atoms with van der Waals surface area (Å²) in [6.07, 6.45) is -4.26. The van der Waals surface area contributed by atoms with Crippen LogP contribution >= 0.6 is 0 Å². The molecule has 3 fully saturated rings. The quantitative estimate of drug-likeness (QED) is 0.724. The van der Waals surface area contributed by atoms with Gasteiger partial charge in [-0.1, -0.05) is 0 Å². The zero-order valence-electron chi connectivity index (χ0n) is 17.1. The second-order valence-corrected chi connectivity index (χ2v) is 8.82. The van der Waals surface area contributed by atoms with Gasteiger partial charge in [-0.3, -0.25) is 14.5 Å². The summed E-state index contributed by atoms with van der Waals surface area (Å²) in [5.41, 5.74) is -3.91. The number of aliphatic hydroxyl groups excluding tert-OH is 1. The summed E-state index contributed by atoms with van der Waals surface area (Å²) >= 11 is 0. The van der Waals surface area contributed by atoms with E-state index in [4.69, 9.17) is 15.1 Å². The lowest BCUT2D eigenvalue weighted by atomic mass is 9.79. The fraction of sp³-hybridized carbons (Fsp3) is 0.571. The van der Waals surface area contributed by atoms with E-state index in [1.807, 2.05) is 4.90 Å². The minimum absolute atomic E-state index is 0.0174. The third-order valence-electron chi connectivity index (χ3n) is 6.48. The van der Waals surface area contributed by atoms with Gasteiger partial charge in [0.2, 0.25) is 11.8 Å². The van der Waals surface area contributed by atoms with E-state index in [-0.39, 0.29) is 12.3 Å². The lowest BCUT2D eigenvalue weighted by Gasteiger charge is -2.45. The number of imide groups is 1. The van der Waals surface area contributed by atoms with Gasteiger partial charge in [0.05, 0.1) is 45.9 Å². The minimum atomic E-state index is -4.80. The van der Waals surface area contributed by atoms with Crippen molar-refractivity contribution in [2.75, 3.05) is 31.1 Å². The number of nitriles is 1. The van der Waals surface area contributed by atoms with Crippen molar-refractivity contribution < 1.29 is 32.6 Å². The monoisotopic (exact) mass is 437 g/mol. The molecule has 3 saturated heterocycles. The number of amides is 2. The molecule has 0 spiro atoms. The average molecular weight is 437 g/mol. The van der Waals surface area contributed by atoms with Gasteiger partial charge >= 0.3 is 6.18 Å². The number of hydrogen-bond acceptors (Lipinski definition) is 6. The number of carbonyl (C=O) groups is 2. The third-order valence-corrected chi connectivity index (χ3v) is 6.48. The van der Waals surface area contributed by atoms with Crippen LogP contribution in [0.1, 0.15) is 31.4 Å². The summed E-state index contributed by atoms with van der Waals surface area (Å²) in [5.74, 6) is -2.84. The second-order valence-electron chi connectivity index (χ2n) is 8.82. The number of alkyl halides is 3. The SMILES string of the molecule is C[C@]12CN(CCCO)C[C@@](C)(O1)[C@@H]1C(=O)N(c3ccc(C#N)c(C(F)(F)F)c3)C(=O)C12. The minimum Gasteiger partial charge on any atom is -0.396 e. The number of halogens is 3. The highest BCUT2D eigenvalue weighted by Crippen LogP contribution is 2.55. The summed E-state index contributed by atoms with van der Waals surface area (Å²) in [7, 11) is 0. The van der Waals surface area contributed by atoms with Gasteiger partial charge in [-0.25, -0.2) is 4.90 Å². The Morgan fingerprint density at radius 2 is 1.77 bits per heavy atom. The molecule has 3 heterocycles. The van der Waals surface area contributed by atoms with E-state index in [1.165, 1.54) is 12.1 Å². The summed E-state index contributed by atoms with van der Waals surface area (Å²) in [6, 6.07) is 4.35. The van der Waals surface area contributed by atoms with Gasteiger partial charge in [0.15, 0.2) is 0 Å². The van der Waals surface area contributed by atoms with Crippen molar-refractivity contribution in [1.82, 2.24) is 4.90 Å². The third kappa shape index (κ3) is 3.23. The molecule has 4 rings (SSSR count). The Hall–Kier alpha value is -2.48. The standard InChI is InChI=1S/C21H22F3N3O4/c1-19-10-26(6-3-7-28)11-20(2,31-19)16-15(19)17(29)27(18(16)30)13-5-4-12(9-25)14(8-13)21(22,23)24/h4-5,8,15-16,28H,3,6-7,10-11H2,1-2H3/t15-,16?,19+,20+/m0/s1. The van der Waals surface area contributed by atoms with Crippen LogP contribution in [-0.2, 0) is 20.5 Å². The molecule has 1 unspecified atom stereocenters. The number of ether oxygens (including phenoxy) is 1. The van der Waals surface area contributed by atoms with Crippen molar-refractivity contribution in [3.63, 3.8) is 0 Å². The molecule has 0 saturated carbocycles. The second kappa shape index (κ2) is 7.02. The maximum absolute atomic E-state index is 13.4. The first-order valence-corrected chi connectivity index (χ1v) is 9.98. The van der Waals surface area contributed by atoms with Gasteiger partial charge in [-0.05, 0) is 38.5 Å². The van der Waals surface area contributed by atoms with Gasteiger partial charge in [0.25, 0.3) is 0 Å². The molecular formula is C21H22F3N3O4. The highest BCUT2D eigenvalue weighted by molar-refractivity contribution is 6.23. The highest BCUT2D eigenvalue weighted by Gasteiger charge is 2.71. The van der Waals surface area contributed by atoms with E-state index >= 15 is 0 Å². The molecule has 166 valence electrons. The number of nitrogens with zero attached hydrogens (tertiary/aromatic N) is 3. The molecule has 3 aliphatic rings. The number of benzene rings is 1. The van der Waals surface area contributed by atoms with Gasteiger partial charge < -0.3 is 9.84 Å². The molecule has 10 heteroatoms. The number of carbonyl (C=O) groups excluding carboxylic acids is 2. The zero-order valence-corrected chi connectivity index (χ0v) is 17.1. The summed E-state index contributed by atoms with van der Waals surface area (Å²) in [4.78, 5) is 29.6. The van der Waals surface area contributed by atoms with Crippen LogP contribution in [0.5, 0.6) is 0 Å². The van der Waals surface area contributed by atoms with Crippen molar-refractivity contribution in [3.8, 4) is 6.07 Å². The normalized spacial score (nSPS) is 33.0. The largest absolute Gasteiger partial charge is 0.417 e. The topological polar surface area (TPSA) is 93.9 Å². The Morgan fingerprint density at radius 3 is 2.26 bits per heavy atom. The van der Waals surface area contributed by atoms with Crippen molar-refractivity contribution in [1.29, 1.82) is 5.26 Å². The van der Waals surface area contributed by atoms with Crippen LogP contribution in [0.3, 0.4) is 0 Å². The van der Waals surface area contributed by atoms with E-state index < -0.39 is 52.2 Å². The van der Waals surface area contributed by atoms with Crippen LogP contribution in [0.2, 0.25) is 0 Å². The van der Waals surface area contributed by atoms with E-state index in [9.17, 15) is 22.8 Å². The zero-order chi connectivity index (χ0) is 22.8. The molecule has 0 aliphatic carbocycles. The maximum atomic E-state index is 13.4. The molecule has 0 radical (unpaired) electrons. The Labute approximate surface area is 177 Å². The molecule has 0 aromatic heterocycles. The lowest BCUT2D eigenvalue weighted by molar-refractivity contribution is -0.169. The summed E-state index contributed by atoms with van der Waals surface area (Å²) < 4.78 is 46.4. The van der Waals surface area contributed by atoms with Gasteiger partial charge in [-0.2, -0.15) is 18.4 Å². The molecule has 7 nitrogen and oxygen atoms in total. The van der Waals surface area contributed by atoms with E-state index in [0.717, 1.165) is 11.0 Å². The summed E-state index contributed by atoms with van der Waals surface area (Å²) in [5, 5.41) is 18.1. The van der Waals surface area contributed by atoms with Crippen LogP contribution < -0.4 is 4.90 Å². The van der Waals surface area contributed by atoms with E-state index in [0.29, 0.717) is 32.1 Å². The number of rotatable bonds is 4. The first kappa shape index (κ1) is 21.7. The van der Waals surface area contributed by atoms with Crippen LogP contribution in [0, 0.1) is 23.2 Å². The number of aliphatic hydroxyl groups is 1. The number of anilines is 1. The number of morpholine rings is 1. The van der Waals surface area contributed by atoms with E-state index in [1.54, 1.807) is 13.8 Å². The predicted molar refractivity (Wildman–Crippen MR) is 102 cm³/mol. The molecule has 2 amide bonds. The average Bonchev–Trinajstić information content (AvgIpc) is 3.05. The number of hydrogen-bond donors (Lipinski definition) is 1. The Balaban J connectivity index is 1.72. The fourth-order valence-corrected chi connectivity index (χ4v) is 5.47. The van der Waals surface area contributed by atoms with Crippen molar-refractivity contribution >= 4 is 17.5 Å². The predicted octanol–water partition coefficient (Wildman–Crippen LogP) is 1.93. The Bertz CT molecular complexity index is 955.